The van der Waals surface area contributed by atoms with E-state index in [4.69, 9.17) is 4.74 Å². The lowest BCUT2D eigenvalue weighted by Gasteiger charge is -2.18. The molecule has 2 aliphatic rings. The van der Waals surface area contributed by atoms with Crippen LogP contribution in [-0.4, -0.2) is 27.0 Å². The van der Waals surface area contributed by atoms with Crippen molar-refractivity contribution < 1.29 is 15.2 Å². The van der Waals surface area contributed by atoms with Crippen LogP contribution in [0, 0.1) is 0 Å². The van der Waals surface area contributed by atoms with Crippen molar-refractivity contribution >= 4 is 11.0 Å². The third-order valence-corrected chi connectivity index (χ3v) is 3.14. The van der Waals surface area contributed by atoms with Crippen molar-refractivity contribution in [1.82, 2.24) is 9.46 Å². The van der Waals surface area contributed by atoms with E-state index in [2.05, 4.69) is 0 Å². The van der Waals surface area contributed by atoms with Crippen molar-refractivity contribution in [2.24, 2.45) is 0 Å². The number of para-hydroxylation sites is 2. The SMILES string of the molecule is COc1c2n(O)c3ccccc3n(O)c-2cc(=O)c1=O. The Morgan fingerprint density at radius 1 is 1.05 bits per heavy atom. The van der Waals surface area contributed by atoms with Crippen molar-refractivity contribution in [3.8, 4) is 17.1 Å². The van der Waals surface area contributed by atoms with Gasteiger partial charge in [0.1, 0.15) is 16.7 Å². The Hall–Kier alpha value is -2.96. The first-order valence-corrected chi connectivity index (χ1v) is 5.72. The van der Waals surface area contributed by atoms with Crippen molar-refractivity contribution in [3.63, 3.8) is 0 Å². The summed E-state index contributed by atoms with van der Waals surface area (Å²) >= 11 is 0. The van der Waals surface area contributed by atoms with Crippen LogP contribution in [-0.2, 0) is 0 Å². The molecular formula is C13H10N2O5. The second-order valence-electron chi connectivity index (χ2n) is 4.22. The molecule has 0 atom stereocenters. The molecule has 0 amide bonds. The first-order chi connectivity index (χ1) is 9.56. The molecule has 0 radical (unpaired) electrons. The molecule has 7 nitrogen and oxygen atoms in total. The van der Waals surface area contributed by atoms with Crippen LogP contribution >= 0.6 is 0 Å². The number of hydrogen-bond donors (Lipinski definition) is 2. The quantitative estimate of drug-likeness (QED) is 0.388. The molecule has 7 heteroatoms. The maximum Gasteiger partial charge on any atom is 0.269 e. The summed E-state index contributed by atoms with van der Waals surface area (Å²) < 4.78 is 6.36. The Morgan fingerprint density at radius 3 is 2.25 bits per heavy atom. The molecule has 0 saturated heterocycles. The van der Waals surface area contributed by atoms with Crippen molar-refractivity contribution in [3.05, 3.63) is 50.8 Å². The number of methoxy groups -OCH3 is 1. The van der Waals surface area contributed by atoms with E-state index in [0.717, 1.165) is 15.5 Å². The molecule has 1 aliphatic carbocycles. The molecule has 0 aromatic heterocycles. The summed E-state index contributed by atoms with van der Waals surface area (Å²) in [4.78, 5) is 23.4. The largest absolute Gasteiger partial charge is 0.490 e. The zero-order valence-electron chi connectivity index (χ0n) is 10.4. The number of nitrogens with zero attached hydrogens (tertiary/aromatic N) is 2. The molecule has 0 unspecified atom stereocenters. The van der Waals surface area contributed by atoms with Gasteiger partial charge in [0.25, 0.3) is 5.43 Å². The predicted octanol–water partition coefficient (Wildman–Crippen LogP) is 0.751. The van der Waals surface area contributed by atoms with Crippen LogP contribution in [0.5, 0.6) is 5.75 Å². The van der Waals surface area contributed by atoms with Crippen LogP contribution in [0.2, 0.25) is 0 Å². The van der Waals surface area contributed by atoms with Gasteiger partial charge in [0.05, 0.1) is 7.11 Å². The van der Waals surface area contributed by atoms with Crippen LogP contribution in [0.4, 0.5) is 0 Å². The Morgan fingerprint density at radius 2 is 1.65 bits per heavy atom. The fourth-order valence-corrected chi connectivity index (χ4v) is 2.22. The third-order valence-electron chi connectivity index (χ3n) is 3.14. The average Bonchev–Trinajstić information content (AvgIpc) is 2.47. The van der Waals surface area contributed by atoms with Gasteiger partial charge in [-0.1, -0.05) is 12.1 Å². The summed E-state index contributed by atoms with van der Waals surface area (Å²) in [7, 11) is 1.21. The van der Waals surface area contributed by atoms with Gasteiger partial charge in [0.15, 0.2) is 11.4 Å². The zero-order chi connectivity index (χ0) is 14.4. The van der Waals surface area contributed by atoms with Crippen LogP contribution in [0.25, 0.3) is 22.4 Å². The Kier molecular flexibility index (Phi) is 2.43. The first-order valence-electron chi connectivity index (χ1n) is 5.72. The number of aromatic nitrogens is 2. The summed E-state index contributed by atoms with van der Waals surface area (Å²) in [5.74, 6) is -0.316. The molecule has 0 bridgehead atoms. The van der Waals surface area contributed by atoms with Crippen molar-refractivity contribution in [2.45, 2.75) is 0 Å². The number of rotatable bonds is 1. The second kappa shape index (κ2) is 4.02. The van der Waals surface area contributed by atoms with Gasteiger partial charge < -0.3 is 15.2 Å². The van der Waals surface area contributed by atoms with Crippen LogP contribution in [0.1, 0.15) is 0 Å². The monoisotopic (exact) mass is 274 g/mol. The van der Waals surface area contributed by atoms with Crippen molar-refractivity contribution in [1.29, 1.82) is 0 Å². The minimum Gasteiger partial charge on any atom is -0.490 e. The smallest absolute Gasteiger partial charge is 0.269 e. The summed E-state index contributed by atoms with van der Waals surface area (Å²) in [6, 6.07) is 7.39. The molecule has 2 N–H and O–H groups in total. The molecule has 0 fully saturated rings. The fraction of sp³-hybridized carbons (Fsp3) is 0.0769. The maximum absolute atomic E-state index is 11.8. The highest BCUT2D eigenvalue weighted by molar-refractivity contribution is 5.82. The summed E-state index contributed by atoms with van der Waals surface area (Å²) in [6.07, 6.45) is 0. The first kappa shape index (κ1) is 12.1. The standard InChI is InChI=1S/C13H10N2O5/c1-20-13-11-9(6-10(16)12(13)17)14(18)7-4-2-3-5-8(7)15(11)19/h2-6,18-19H,1H3. The summed E-state index contributed by atoms with van der Waals surface area (Å²) in [6.45, 7) is 0. The number of hydrogen-bond acceptors (Lipinski definition) is 5. The normalized spacial score (nSPS) is 11.1. The molecule has 3 rings (SSSR count). The van der Waals surface area contributed by atoms with E-state index in [1.807, 2.05) is 0 Å². The molecule has 1 aliphatic heterocycles. The van der Waals surface area contributed by atoms with Gasteiger partial charge in [-0.05, 0) is 12.1 Å². The highest BCUT2D eigenvalue weighted by Crippen LogP contribution is 2.30. The van der Waals surface area contributed by atoms with Gasteiger partial charge in [0, 0.05) is 6.07 Å². The summed E-state index contributed by atoms with van der Waals surface area (Å²) in [5.41, 5.74) is -1.25. The average molecular weight is 274 g/mol. The molecule has 1 heterocycles. The molecule has 102 valence electrons. The number of ether oxygens (including phenoxy) is 1. The molecule has 1 aromatic carbocycles. The number of benzene rings is 2. The molecule has 1 aromatic rings. The van der Waals surface area contributed by atoms with Crippen LogP contribution < -0.4 is 15.6 Å². The maximum atomic E-state index is 11.8. The lowest BCUT2D eigenvalue weighted by atomic mass is 10.1. The van der Waals surface area contributed by atoms with E-state index in [0.29, 0.717) is 0 Å². The van der Waals surface area contributed by atoms with E-state index in [9.17, 15) is 20.0 Å². The molecular weight excluding hydrogens is 264 g/mol. The van der Waals surface area contributed by atoms with Gasteiger partial charge in [-0.15, -0.1) is 0 Å². The van der Waals surface area contributed by atoms with E-state index >= 15 is 0 Å². The molecule has 20 heavy (non-hydrogen) atoms. The minimum absolute atomic E-state index is 0.0207. The van der Waals surface area contributed by atoms with Gasteiger partial charge in [-0.25, -0.2) is 0 Å². The zero-order valence-corrected chi connectivity index (χ0v) is 10.4. The second-order valence-corrected chi connectivity index (χ2v) is 4.22. The lowest BCUT2D eigenvalue weighted by Crippen LogP contribution is -2.28. The van der Waals surface area contributed by atoms with E-state index < -0.39 is 10.9 Å². The van der Waals surface area contributed by atoms with Gasteiger partial charge in [-0.3, -0.25) is 9.59 Å². The minimum atomic E-state index is -0.877. The lowest BCUT2D eigenvalue weighted by molar-refractivity contribution is 0.174. The number of fused-ring (bicyclic) bond motifs is 2. The topological polar surface area (TPSA) is 93.7 Å². The van der Waals surface area contributed by atoms with E-state index in [-0.39, 0.29) is 28.2 Å². The Balaban J connectivity index is 2.70. The van der Waals surface area contributed by atoms with Crippen molar-refractivity contribution in [2.75, 3.05) is 7.11 Å². The molecule has 0 spiro atoms. The van der Waals surface area contributed by atoms with E-state index in [1.54, 1.807) is 24.3 Å². The van der Waals surface area contributed by atoms with E-state index in [1.165, 1.54) is 7.11 Å². The fourth-order valence-electron chi connectivity index (χ4n) is 2.22. The highest BCUT2D eigenvalue weighted by Gasteiger charge is 2.24. The van der Waals surface area contributed by atoms with Crippen LogP contribution in [0.3, 0.4) is 0 Å². The van der Waals surface area contributed by atoms with Gasteiger partial charge >= 0.3 is 0 Å². The van der Waals surface area contributed by atoms with Gasteiger partial charge in [-0.2, -0.15) is 9.46 Å². The Labute approximate surface area is 111 Å². The summed E-state index contributed by atoms with van der Waals surface area (Å²) in [5, 5.41) is 20.4. The third kappa shape index (κ3) is 1.40. The molecule has 0 saturated carbocycles. The highest BCUT2D eigenvalue weighted by atomic mass is 16.5. The van der Waals surface area contributed by atoms with Crippen LogP contribution in [0.15, 0.2) is 39.9 Å². The predicted molar refractivity (Wildman–Crippen MR) is 70.0 cm³/mol. The Bertz CT molecular complexity index is 909. The van der Waals surface area contributed by atoms with Gasteiger partial charge in [0.2, 0.25) is 5.43 Å².